The molecule has 1 aromatic heterocycles. The molecule has 3 nitrogen and oxygen atoms in total. The minimum absolute atomic E-state index is 0.758. The first kappa shape index (κ1) is 10.1. The number of nitrogen functional groups attached to an aromatic ring is 1. The summed E-state index contributed by atoms with van der Waals surface area (Å²) in [7, 11) is 0. The van der Waals surface area contributed by atoms with Crippen LogP contribution in [-0.2, 0) is 0 Å². The molecule has 1 aliphatic heterocycles. The van der Waals surface area contributed by atoms with Crippen LogP contribution in [0.1, 0.15) is 19.3 Å². The second kappa shape index (κ2) is 4.89. The molecule has 3 N–H and O–H groups in total. The number of thioether (sulfide) groups is 1. The van der Waals surface area contributed by atoms with Crippen LogP contribution in [0.2, 0.25) is 0 Å². The maximum atomic E-state index is 5.60. The number of rotatable bonds is 3. The largest absolute Gasteiger partial charge is 0.389 e. The second-order valence-corrected chi connectivity index (χ2v) is 5.91. The molecule has 0 amide bonds. The van der Waals surface area contributed by atoms with Crippen molar-refractivity contribution in [2.75, 3.05) is 23.3 Å². The van der Waals surface area contributed by atoms with Gasteiger partial charge < -0.3 is 11.1 Å². The summed E-state index contributed by atoms with van der Waals surface area (Å²) in [6, 6.07) is 0. The van der Waals surface area contributed by atoms with Crippen LogP contribution in [0.3, 0.4) is 0 Å². The third kappa shape index (κ3) is 2.78. The minimum Gasteiger partial charge on any atom is -0.389 e. The van der Waals surface area contributed by atoms with E-state index >= 15 is 0 Å². The first-order chi connectivity index (χ1) is 6.84. The molecule has 0 aromatic carbocycles. The van der Waals surface area contributed by atoms with Crippen molar-refractivity contribution in [3.05, 3.63) is 6.20 Å². The van der Waals surface area contributed by atoms with E-state index in [9.17, 15) is 0 Å². The molecule has 0 spiro atoms. The van der Waals surface area contributed by atoms with Gasteiger partial charge in [0, 0.05) is 11.8 Å². The highest BCUT2D eigenvalue weighted by Gasteiger charge is 2.13. The molecule has 78 valence electrons. The summed E-state index contributed by atoms with van der Waals surface area (Å²) in [5.41, 5.74) is 5.60. The van der Waals surface area contributed by atoms with Gasteiger partial charge in [0.2, 0.25) is 0 Å². The molecule has 1 aliphatic rings. The maximum Gasteiger partial charge on any atom is 0.184 e. The molecule has 1 fully saturated rings. The lowest BCUT2D eigenvalue weighted by molar-refractivity contribution is 0.677. The van der Waals surface area contributed by atoms with Crippen LogP contribution < -0.4 is 11.1 Å². The molecule has 2 rings (SSSR count). The second-order valence-electron chi connectivity index (χ2n) is 3.44. The Morgan fingerprint density at radius 2 is 2.50 bits per heavy atom. The van der Waals surface area contributed by atoms with E-state index in [4.69, 9.17) is 5.73 Å². The number of thiazole rings is 1. The fraction of sp³-hybridized carbons (Fsp3) is 0.667. The van der Waals surface area contributed by atoms with Gasteiger partial charge >= 0.3 is 0 Å². The van der Waals surface area contributed by atoms with E-state index in [1.165, 1.54) is 36.4 Å². The van der Waals surface area contributed by atoms with Gasteiger partial charge in [-0.2, -0.15) is 11.8 Å². The SMILES string of the molecule is Nc1cnc(NCC2CCCCS2)s1. The maximum absolute atomic E-state index is 5.60. The van der Waals surface area contributed by atoms with E-state index in [0.29, 0.717) is 0 Å². The van der Waals surface area contributed by atoms with Crippen LogP contribution in [-0.4, -0.2) is 22.5 Å². The number of anilines is 2. The van der Waals surface area contributed by atoms with Gasteiger partial charge in [-0.3, -0.25) is 0 Å². The third-order valence-corrected chi connectivity index (χ3v) is 4.46. The van der Waals surface area contributed by atoms with Gasteiger partial charge in [-0.1, -0.05) is 17.8 Å². The molecule has 0 bridgehead atoms. The number of hydrogen-bond acceptors (Lipinski definition) is 5. The average molecular weight is 229 g/mol. The van der Waals surface area contributed by atoms with Gasteiger partial charge in [0.1, 0.15) is 5.00 Å². The summed E-state index contributed by atoms with van der Waals surface area (Å²) in [5, 5.41) is 5.83. The first-order valence-electron chi connectivity index (χ1n) is 4.91. The number of nitrogens with one attached hydrogen (secondary N) is 1. The molecular formula is C9H15N3S2. The van der Waals surface area contributed by atoms with Gasteiger partial charge in [-0.25, -0.2) is 4.98 Å². The van der Waals surface area contributed by atoms with Gasteiger partial charge in [-0.15, -0.1) is 0 Å². The molecule has 1 aromatic rings. The zero-order valence-corrected chi connectivity index (χ0v) is 9.66. The number of nitrogens with two attached hydrogens (primary N) is 1. The highest BCUT2D eigenvalue weighted by atomic mass is 32.2. The van der Waals surface area contributed by atoms with E-state index < -0.39 is 0 Å². The van der Waals surface area contributed by atoms with Crippen molar-refractivity contribution >= 4 is 33.2 Å². The first-order valence-corrected chi connectivity index (χ1v) is 6.78. The van der Waals surface area contributed by atoms with Crippen LogP contribution in [0.25, 0.3) is 0 Å². The summed E-state index contributed by atoms with van der Waals surface area (Å²) in [6.07, 6.45) is 5.80. The van der Waals surface area contributed by atoms with E-state index in [0.717, 1.165) is 21.9 Å². The molecule has 0 saturated carbocycles. The molecule has 1 saturated heterocycles. The monoisotopic (exact) mass is 229 g/mol. The van der Waals surface area contributed by atoms with Crippen molar-refractivity contribution < 1.29 is 0 Å². The van der Waals surface area contributed by atoms with Crippen LogP contribution in [0.5, 0.6) is 0 Å². The normalized spacial score (nSPS) is 22.1. The Morgan fingerprint density at radius 1 is 1.57 bits per heavy atom. The van der Waals surface area contributed by atoms with Crippen molar-refractivity contribution in [1.82, 2.24) is 4.98 Å². The molecule has 1 unspecified atom stereocenters. The lowest BCUT2D eigenvalue weighted by Gasteiger charge is -2.21. The summed E-state index contributed by atoms with van der Waals surface area (Å²) in [6.45, 7) is 1.03. The number of hydrogen-bond donors (Lipinski definition) is 2. The lowest BCUT2D eigenvalue weighted by Crippen LogP contribution is -2.19. The topological polar surface area (TPSA) is 50.9 Å². The third-order valence-electron chi connectivity index (χ3n) is 2.28. The van der Waals surface area contributed by atoms with E-state index in [1.807, 2.05) is 0 Å². The number of aromatic nitrogens is 1. The Balaban J connectivity index is 1.76. The zero-order valence-electron chi connectivity index (χ0n) is 8.03. The lowest BCUT2D eigenvalue weighted by atomic mass is 10.2. The molecule has 0 aliphatic carbocycles. The zero-order chi connectivity index (χ0) is 9.80. The minimum atomic E-state index is 0.758. The predicted molar refractivity (Wildman–Crippen MR) is 65.1 cm³/mol. The van der Waals surface area contributed by atoms with E-state index in [1.54, 1.807) is 6.20 Å². The number of nitrogens with zero attached hydrogens (tertiary/aromatic N) is 1. The predicted octanol–water partition coefficient (Wildman–Crippen LogP) is 2.42. The Kier molecular flexibility index (Phi) is 3.53. The molecule has 5 heteroatoms. The van der Waals surface area contributed by atoms with Gasteiger partial charge in [0.15, 0.2) is 5.13 Å². The standard InChI is InChI=1S/C9H15N3S2/c10-8-6-12-9(14-8)11-5-7-3-1-2-4-13-7/h6-7H,1-5,10H2,(H,11,12). The van der Waals surface area contributed by atoms with Crippen LogP contribution in [0, 0.1) is 0 Å². The van der Waals surface area contributed by atoms with Crippen molar-refractivity contribution in [2.24, 2.45) is 0 Å². The molecule has 0 radical (unpaired) electrons. The highest BCUT2D eigenvalue weighted by Crippen LogP contribution is 2.26. The van der Waals surface area contributed by atoms with Crippen LogP contribution in [0.15, 0.2) is 6.20 Å². The van der Waals surface area contributed by atoms with Crippen molar-refractivity contribution in [1.29, 1.82) is 0 Å². The van der Waals surface area contributed by atoms with Crippen LogP contribution >= 0.6 is 23.1 Å². The summed E-state index contributed by atoms with van der Waals surface area (Å²) in [5.74, 6) is 1.31. The Bertz CT molecular complexity index is 281. The van der Waals surface area contributed by atoms with Gasteiger partial charge in [0.05, 0.1) is 6.20 Å². The van der Waals surface area contributed by atoms with E-state index in [2.05, 4.69) is 22.1 Å². The summed E-state index contributed by atoms with van der Waals surface area (Å²) >= 11 is 3.59. The van der Waals surface area contributed by atoms with Gasteiger partial charge in [0.25, 0.3) is 0 Å². The highest BCUT2D eigenvalue weighted by molar-refractivity contribution is 7.99. The molecular weight excluding hydrogens is 214 g/mol. The van der Waals surface area contributed by atoms with Crippen molar-refractivity contribution in [3.63, 3.8) is 0 Å². The fourth-order valence-corrected chi connectivity index (χ4v) is 3.37. The smallest absolute Gasteiger partial charge is 0.184 e. The Morgan fingerprint density at radius 3 is 3.14 bits per heavy atom. The van der Waals surface area contributed by atoms with Gasteiger partial charge in [-0.05, 0) is 18.6 Å². The average Bonchev–Trinajstić information content (AvgIpc) is 2.63. The molecule has 1 atom stereocenters. The Labute approximate surface area is 92.5 Å². The fourth-order valence-electron chi connectivity index (χ4n) is 1.54. The summed E-state index contributed by atoms with van der Waals surface area (Å²) < 4.78 is 0. The van der Waals surface area contributed by atoms with Crippen molar-refractivity contribution in [3.8, 4) is 0 Å². The quantitative estimate of drug-likeness (QED) is 0.836. The van der Waals surface area contributed by atoms with Crippen molar-refractivity contribution in [2.45, 2.75) is 24.5 Å². The molecule has 2 heterocycles. The Hall–Kier alpha value is -0.420. The summed E-state index contributed by atoms with van der Waals surface area (Å²) in [4.78, 5) is 4.17. The van der Waals surface area contributed by atoms with E-state index in [-0.39, 0.29) is 0 Å². The molecule has 14 heavy (non-hydrogen) atoms. The van der Waals surface area contributed by atoms with Crippen LogP contribution in [0.4, 0.5) is 10.1 Å².